The Morgan fingerprint density at radius 2 is 1.91 bits per heavy atom. The van der Waals surface area contributed by atoms with Gasteiger partial charge in [0.25, 0.3) is 0 Å². The molecule has 0 bridgehead atoms. The van der Waals surface area contributed by atoms with Crippen molar-refractivity contribution >= 4 is 51.6 Å². The van der Waals surface area contributed by atoms with Gasteiger partial charge in [0.15, 0.2) is 0 Å². The third kappa shape index (κ3) is 8.40. The normalized spacial score (nSPS) is 16.3. The first-order valence-corrected chi connectivity index (χ1v) is 15.0. The average molecular weight is 611 g/mol. The molecule has 2 heterocycles. The number of ether oxygens (including phenoxy) is 2. The van der Waals surface area contributed by atoms with Gasteiger partial charge in [0.05, 0.1) is 36.0 Å². The molecule has 2 N–H and O–H groups in total. The van der Waals surface area contributed by atoms with Gasteiger partial charge in [-0.05, 0) is 49.9 Å². The summed E-state index contributed by atoms with van der Waals surface area (Å²) in [7, 11) is 0. The van der Waals surface area contributed by atoms with Crippen LogP contribution in [0.2, 0.25) is 5.02 Å². The van der Waals surface area contributed by atoms with Crippen LogP contribution in [0.1, 0.15) is 26.2 Å². The number of hydrogen-bond acceptors (Lipinski definition) is 9. The van der Waals surface area contributed by atoms with Crippen molar-refractivity contribution in [3.8, 4) is 5.75 Å². The second kappa shape index (κ2) is 14.6. The Kier molecular flexibility index (Phi) is 10.4. The van der Waals surface area contributed by atoms with Gasteiger partial charge in [-0.3, -0.25) is 19.4 Å². The summed E-state index contributed by atoms with van der Waals surface area (Å²) in [5, 5.41) is 6.78. The van der Waals surface area contributed by atoms with Crippen LogP contribution in [-0.2, 0) is 14.3 Å². The molecule has 0 radical (unpaired) electrons. The molecule has 5 rings (SSSR count). The number of carbonyl (C=O) groups excluding carboxylic acids is 2. The number of aromatic nitrogens is 2. The van der Waals surface area contributed by atoms with E-state index in [4.69, 9.17) is 21.1 Å². The summed E-state index contributed by atoms with van der Waals surface area (Å²) < 4.78 is 24.9. The van der Waals surface area contributed by atoms with Gasteiger partial charge in [-0.25, -0.2) is 14.4 Å². The molecule has 12 heteroatoms. The maximum atomic E-state index is 13.7. The number of hydrogen-bond donors (Lipinski definition) is 2. The largest absolute Gasteiger partial charge is 0.491 e. The van der Waals surface area contributed by atoms with E-state index in [2.05, 4.69) is 30.4 Å². The van der Waals surface area contributed by atoms with Crippen LogP contribution in [0.3, 0.4) is 0 Å². The molecule has 228 valence electrons. The zero-order valence-electron chi connectivity index (χ0n) is 24.2. The number of anilines is 3. The van der Waals surface area contributed by atoms with Crippen LogP contribution < -0.4 is 15.4 Å². The van der Waals surface area contributed by atoms with Crippen molar-refractivity contribution in [3.05, 3.63) is 59.7 Å². The van der Waals surface area contributed by atoms with E-state index in [9.17, 15) is 14.0 Å². The fraction of sp³-hybridized carbons (Fsp3) is 0.419. The smallest absolute Gasteiger partial charge is 0.320 e. The van der Waals surface area contributed by atoms with E-state index in [1.807, 2.05) is 6.08 Å². The lowest BCUT2D eigenvalue weighted by molar-refractivity contribution is -0.144. The molecule has 0 spiro atoms. The zero-order chi connectivity index (χ0) is 30.2. The van der Waals surface area contributed by atoms with E-state index < -0.39 is 5.82 Å². The topological polar surface area (TPSA) is 109 Å². The number of nitrogens with zero attached hydrogens (tertiary/aromatic N) is 4. The first kappa shape index (κ1) is 30.7. The summed E-state index contributed by atoms with van der Waals surface area (Å²) in [6.07, 6.45) is 8.25. The minimum absolute atomic E-state index is 0.00617. The van der Waals surface area contributed by atoms with Crippen LogP contribution in [0, 0.1) is 11.7 Å². The fourth-order valence-corrected chi connectivity index (χ4v) is 5.16. The third-order valence-corrected chi connectivity index (χ3v) is 7.92. The van der Waals surface area contributed by atoms with Crippen molar-refractivity contribution < 1.29 is 23.5 Å². The summed E-state index contributed by atoms with van der Waals surface area (Å²) in [5.41, 5.74) is 1.70. The number of piperazine rings is 1. The van der Waals surface area contributed by atoms with E-state index >= 15 is 0 Å². The number of nitrogens with one attached hydrogen (secondary N) is 2. The molecule has 3 aromatic rings. The maximum absolute atomic E-state index is 13.7. The number of halogens is 2. The van der Waals surface area contributed by atoms with Crippen LogP contribution >= 0.6 is 11.6 Å². The van der Waals surface area contributed by atoms with E-state index in [1.165, 1.54) is 31.0 Å². The molecule has 0 unspecified atom stereocenters. The van der Waals surface area contributed by atoms with Gasteiger partial charge in [0.2, 0.25) is 5.91 Å². The van der Waals surface area contributed by atoms with Gasteiger partial charge in [-0.1, -0.05) is 24.1 Å². The predicted molar refractivity (Wildman–Crippen MR) is 164 cm³/mol. The number of amides is 1. The van der Waals surface area contributed by atoms with Crippen molar-refractivity contribution in [1.29, 1.82) is 0 Å². The van der Waals surface area contributed by atoms with Gasteiger partial charge >= 0.3 is 5.97 Å². The zero-order valence-corrected chi connectivity index (χ0v) is 24.9. The highest BCUT2D eigenvalue weighted by atomic mass is 35.5. The number of fused-ring (bicyclic) bond motifs is 1. The van der Waals surface area contributed by atoms with Crippen LogP contribution in [0.5, 0.6) is 5.75 Å². The van der Waals surface area contributed by atoms with Crippen LogP contribution in [0.25, 0.3) is 10.9 Å². The predicted octanol–water partition coefficient (Wildman–Crippen LogP) is 5.02. The lowest BCUT2D eigenvalue weighted by Crippen LogP contribution is -2.48. The van der Waals surface area contributed by atoms with Gasteiger partial charge < -0.3 is 20.1 Å². The highest BCUT2D eigenvalue weighted by molar-refractivity contribution is 6.31. The Hall–Kier alpha value is -3.80. The first-order chi connectivity index (χ1) is 20.9. The molecule has 2 aliphatic rings. The minimum Gasteiger partial charge on any atom is -0.491 e. The van der Waals surface area contributed by atoms with Gasteiger partial charge in [-0.15, -0.1) is 0 Å². The van der Waals surface area contributed by atoms with Crippen molar-refractivity contribution in [3.63, 3.8) is 0 Å². The number of carbonyl (C=O) groups is 2. The SMILES string of the molecule is CCOC(=O)CN1CCN(C/C=C/C(=O)Nc2cc3c(Nc4ccc(F)c(Cl)c4)ncnc3cc2OCC2CCC2)CC1. The van der Waals surface area contributed by atoms with Crippen molar-refractivity contribution in [2.24, 2.45) is 5.92 Å². The van der Waals surface area contributed by atoms with Crippen molar-refractivity contribution in [2.45, 2.75) is 26.2 Å². The second-order valence-corrected chi connectivity index (χ2v) is 11.1. The molecule has 43 heavy (non-hydrogen) atoms. The Morgan fingerprint density at radius 1 is 1.12 bits per heavy atom. The van der Waals surface area contributed by atoms with E-state index in [-0.39, 0.29) is 16.9 Å². The average Bonchev–Trinajstić information content (AvgIpc) is 2.96. The maximum Gasteiger partial charge on any atom is 0.320 e. The number of rotatable bonds is 12. The second-order valence-electron chi connectivity index (χ2n) is 10.7. The van der Waals surface area contributed by atoms with Gasteiger partial charge in [0, 0.05) is 55.9 Å². The first-order valence-electron chi connectivity index (χ1n) is 14.6. The quantitative estimate of drug-likeness (QED) is 0.216. The van der Waals surface area contributed by atoms with E-state index in [0.717, 1.165) is 39.0 Å². The molecule has 2 fully saturated rings. The molecular formula is C31H36ClFN6O4. The molecule has 1 amide bonds. The lowest BCUT2D eigenvalue weighted by Gasteiger charge is -2.33. The molecular weight excluding hydrogens is 575 g/mol. The summed E-state index contributed by atoms with van der Waals surface area (Å²) >= 11 is 5.96. The van der Waals surface area contributed by atoms with E-state index in [1.54, 1.807) is 25.1 Å². The Bertz CT molecular complexity index is 1480. The Balaban J connectivity index is 1.26. The Morgan fingerprint density at radius 3 is 2.63 bits per heavy atom. The van der Waals surface area contributed by atoms with Crippen molar-refractivity contribution in [2.75, 3.05) is 63.1 Å². The standard InChI is InChI=1S/C31H36ClFN6O4/c1-2-42-30(41)18-39-13-11-38(12-14-39)10-4-7-29(40)37-27-16-23-26(17-28(27)43-19-21-5-3-6-21)34-20-35-31(23)36-22-8-9-25(33)24(32)15-22/h4,7-9,15-17,20-21H,2-3,5-6,10-14,18-19H2,1H3,(H,37,40)(H,34,35,36)/b7-4+. The highest BCUT2D eigenvalue weighted by Crippen LogP contribution is 2.35. The number of benzene rings is 2. The highest BCUT2D eigenvalue weighted by Gasteiger charge is 2.21. The minimum atomic E-state index is -0.512. The summed E-state index contributed by atoms with van der Waals surface area (Å²) in [6.45, 7) is 6.79. The third-order valence-electron chi connectivity index (χ3n) is 7.63. The van der Waals surface area contributed by atoms with Crippen LogP contribution in [0.4, 0.5) is 21.6 Å². The van der Waals surface area contributed by atoms with Crippen molar-refractivity contribution in [1.82, 2.24) is 19.8 Å². The molecule has 1 aliphatic heterocycles. The van der Waals surface area contributed by atoms with Crippen LogP contribution in [-0.4, -0.2) is 84.1 Å². The van der Waals surface area contributed by atoms with Gasteiger partial charge in [0.1, 0.15) is 23.7 Å². The summed E-state index contributed by atoms with van der Waals surface area (Å²) in [5.74, 6) is 0.516. The summed E-state index contributed by atoms with van der Waals surface area (Å²) in [6, 6.07) is 7.91. The van der Waals surface area contributed by atoms with E-state index in [0.29, 0.717) is 66.1 Å². The Labute approximate surface area is 255 Å². The summed E-state index contributed by atoms with van der Waals surface area (Å²) in [4.78, 5) is 37.8. The number of esters is 1. The molecule has 1 saturated heterocycles. The fourth-order valence-electron chi connectivity index (χ4n) is 4.98. The van der Waals surface area contributed by atoms with Gasteiger partial charge in [-0.2, -0.15) is 0 Å². The monoisotopic (exact) mass is 610 g/mol. The molecule has 1 aromatic heterocycles. The molecule has 1 aliphatic carbocycles. The molecule has 2 aromatic carbocycles. The van der Waals surface area contributed by atoms with Crippen LogP contribution in [0.15, 0.2) is 48.8 Å². The lowest BCUT2D eigenvalue weighted by atomic mass is 9.86. The molecule has 10 nitrogen and oxygen atoms in total. The molecule has 1 saturated carbocycles. The molecule has 0 atom stereocenters.